The lowest BCUT2D eigenvalue weighted by atomic mass is 10.2. The molecule has 136 valence electrons. The van der Waals surface area contributed by atoms with Crippen molar-refractivity contribution in [3.8, 4) is 10.7 Å². The molecule has 4 aromatic rings. The topological polar surface area (TPSA) is 69.6 Å². The summed E-state index contributed by atoms with van der Waals surface area (Å²) in [6.45, 7) is 0. The fraction of sp³-hybridized carbons (Fsp3) is 0.211. The lowest BCUT2D eigenvalue weighted by molar-refractivity contribution is 0.617. The third kappa shape index (κ3) is 2.98. The van der Waals surface area contributed by atoms with Gasteiger partial charge in [-0.1, -0.05) is 30.0 Å². The minimum atomic E-state index is -0.192. The molecule has 0 radical (unpaired) electrons. The van der Waals surface area contributed by atoms with Gasteiger partial charge in [-0.2, -0.15) is 0 Å². The van der Waals surface area contributed by atoms with Crippen LogP contribution in [-0.2, 0) is 5.75 Å². The van der Waals surface area contributed by atoms with E-state index in [0.717, 1.165) is 38.9 Å². The first kappa shape index (κ1) is 16.7. The lowest BCUT2D eigenvalue weighted by Crippen LogP contribution is -2.00. The van der Waals surface area contributed by atoms with Gasteiger partial charge < -0.3 is 5.73 Å². The molecule has 1 aliphatic carbocycles. The van der Waals surface area contributed by atoms with Gasteiger partial charge in [-0.05, 0) is 36.6 Å². The molecule has 2 N–H and O–H groups in total. The monoisotopic (exact) mass is 397 g/mol. The normalized spacial score (nSPS) is 14.1. The molecule has 8 heteroatoms. The van der Waals surface area contributed by atoms with E-state index in [1.807, 2.05) is 18.2 Å². The Bertz CT molecular complexity index is 1130. The van der Waals surface area contributed by atoms with Crippen LogP contribution < -0.4 is 5.73 Å². The Hall–Kier alpha value is -2.45. The van der Waals surface area contributed by atoms with Crippen LogP contribution in [0.1, 0.15) is 24.4 Å². The number of hydrogen-bond acceptors (Lipinski definition) is 6. The van der Waals surface area contributed by atoms with Gasteiger partial charge in [0.25, 0.3) is 0 Å². The maximum atomic E-state index is 13.9. The highest BCUT2D eigenvalue weighted by molar-refractivity contribution is 7.98. The van der Waals surface area contributed by atoms with Crippen molar-refractivity contribution in [1.29, 1.82) is 0 Å². The van der Waals surface area contributed by atoms with E-state index in [1.165, 1.54) is 29.2 Å². The zero-order valence-electron chi connectivity index (χ0n) is 14.3. The Kier molecular flexibility index (Phi) is 4.09. The fourth-order valence-electron chi connectivity index (χ4n) is 3.07. The predicted molar refractivity (Wildman–Crippen MR) is 107 cm³/mol. The Balaban J connectivity index is 1.52. The van der Waals surface area contributed by atoms with Crippen LogP contribution in [0.5, 0.6) is 0 Å². The van der Waals surface area contributed by atoms with E-state index in [2.05, 4.69) is 19.7 Å². The van der Waals surface area contributed by atoms with Crippen molar-refractivity contribution in [2.75, 3.05) is 5.73 Å². The van der Waals surface area contributed by atoms with Gasteiger partial charge in [0, 0.05) is 23.4 Å². The van der Waals surface area contributed by atoms with Crippen LogP contribution in [0.15, 0.2) is 47.8 Å². The highest BCUT2D eigenvalue weighted by Gasteiger charge is 2.31. The molecule has 0 aliphatic heterocycles. The van der Waals surface area contributed by atoms with Crippen molar-refractivity contribution in [2.45, 2.75) is 29.8 Å². The molecule has 5 nitrogen and oxygen atoms in total. The van der Waals surface area contributed by atoms with Crippen LogP contribution in [0.2, 0.25) is 0 Å². The largest absolute Gasteiger partial charge is 0.397 e. The van der Waals surface area contributed by atoms with Gasteiger partial charge in [0.05, 0.1) is 10.6 Å². The number of aromatic nitrogens is 4. The van der Waals surface area contributed by atoms with Gasteiger partial charge in [-0.25, -0.2) is 9.37 Å². The van der Waals surface area contributed by atoms with Crippen LogP contribution in [0.3, 0.4) is 0 Å². The molecule has 0 atom stereocenters. The molecule has 3 heterocycles. The average Bonchev–Trinajstić information content (AvgIpc) is 3.36. The first-order valence-corrected chi connectivity index (χ1v) is 10.5. The molecule has 0 saturated heterocycles. The second-order valence-corrected chi connectivity index (χ2v) is 8.43. The van der Waals surface area contributed by atoms with E-state index < -0.39 is 0 Å². The zero-order valence-corrected chi connectivity index (χ0v) is 15.9. The summed E-state index contributed by atoms with van der Waals surface area (Å²) in [5.74, 6) is 1.11. The third-order valence-corrected chi connectivity index (χ3v) is 6.72. The number of fused-ring (bicyclic) bond motifs is 1. The van der Waals surface area contributed by atoms with Crippen LogP contribution in [0.4, 0.5) is 10.1 Å². The average molecular weight is 398 g/mol. The number of thiophene rings is 1. The van der Waals surface area contributed by atoms with Crippen molar-refractivity contribution >= 4 is 39.0 Å². The number of hydrogen-bond donors (Lipinski definition) is 1. The SMILES string of the molecule is Nc1c(-c2nnc(SCc3ccccc3F)n2C2CC2)sc2ncccc12. The molecule has 27 heavy (non-hydrogen) atoms. The Labute approximate surface area is 163 Å². The molecule has 1 saturated carbocycles. The third-order valence-electron chi connectivity index (χ3n) is 4.60. The molecular formula is C19H16FN5S2. The molecule has 0 spiro atoms. The molecule has 1 aliphatic rings. The van der Waals surface area contributed by atoms with Crippen LogP contribution >= 0.6 is 23.1 Å². The molecule has 0 bridgehead atoms. The van der Waals surface area contributed by atoms with E-state index in [9.17, 15) is 4.39 Å². The number of halogens is 1. The van der Waals surface area contributed by atoms with Gasteiger partial charge >= 0.3 is 0 Å². The van der Waals surface area contributed by atoms with E-state index in [-0.39, 0.29) is 5.82 Å². The predicted octanol–water partition coefficient (Wildman–Crippen LogP) is 4.90. The molecule has 5 rings (SSSR count). The van der Waals surface area contributed by atoms with Crippen molar-refractivity contribution in [2.24, 2.45) is 0 Å². The first-order chi connectivity index (χ1) is 13.2. The van der Waals surface area contributed by atoms with Gasteiger partial charge in [-0.15, -0.1) is 21.5 Å². The second kappa shape index (κ2) is 6.61. The Morgan fingerprint density at radius 1 is 1.19 bits per heavy atom. The fourth-order valence-corrected chi connectivity index (χ4v) is 5.10. The summed E-state index contributed by atoms with van der Waals surface area (Å²) in [6.07, 6.45) is 3.96. The standard InChI is InChI=1S/C19H16FN5S2/c20-14-6-2-1-4-11(14)10-26-19-24-23-17(25(19)12-7-8-12)16-15(21)13-5-3-9-22-18(13)27-16/h1-6,9,12H,7-8,10,21H2. The van der Waals surface area contributed by atoms with E-state index in [4.69, 9.17) is 5.73 Å². The summed E-state index contributed by atoms with van der Waals surface area (Å²) in [6, 6.07) is 11.1. The lowest BCUT2D eigenvalue weighted by Gasteiger charge is -2.08. The molecular weight excluding hydrogens is 381 g/mol. The van der Waals surface area contributed by atoms with Gasteiger partial charge in [-0.3, -0.25) is 4.57 Å². The number of nitrogens with two attached hydrogens (primary N) is 1. The molecule has 3 aromatic heterocycles. The number of thioether (sulfide) groups is 1. The molecule has 0 unspecified atom stereocenters. The van der Waals surface area contributed by atoms with E-state index in [0.29, 0.717) is 23.0 Å². The van der Waals surface area contributed by atoms with Crippen molar-refractivity contribution in [3.63, 3.8) is 0 Å². The zero-order chi connectivity index (χ0) is 18.4. The van der Waals surface area contributed by atoms with E-state index >= 15 is 0 Å². The second-order valence-electron chi connectivity index (χ2n) is 6.49. The number of rotatable bonds is 5. The number of pyridine rings is 1. The number of benzene rings is 1. The minimum Gasteiger partial charge on any atom is -0.397 e. The quantitative estimate of drug-likeness (QED) is 0.485. The minimum absolute atomic E-state index is 0.192. The van der Waals surface area contributed by atoms with Crippen LogP contribution in [-0.4, -0.2) is 19.7 Å². The smallest absolute Gasteiger partial charge is 0.192 e. The summed E-state index contributed by atoms with van der Waals surface area (Å²) in [5, 5.41) is 10.6. The highest BCUT2D eigenvalue weighted by Crippen LogP contribution is 2.45. The Morgan fingerprint density at radius 2 is 2.04 bits per heavy atom. The number of anilines is 1. The Morgan fingerprint density at radius 3 is 2.81 bits per heavy atom. The summed E-state index contributed by atoms with van der Waals surface area (Å²) in [7, 11) is 0. The molecule has 1 aromatic carbocycles. The molecule has 0 amide bonds. The van der Waals surface area contributed by atoms with Gasteiger partial charge in [0.2, 0.25) is 0 Å². The van der Waals surface area contributed by atoms with Gasteiger partial charge in [0.15, 0.2) is 11.0 Å². The summed E-state index contributed by atoms with van der Waals surface area (Å²) >= 11 is 3.05. The van der Waals surface area contributed by atoms with Crippen LogP contribution in [0.25, 0.3) is 20.9 Å². The first-order valence-electron chi connectivity index (χ1n) is 8.67. The number of nitrogens with zero attached hydrogens (tertiary/aromatic N) is 4. The maximum absolute atomic E-state index is 13.9. The van der Waals surface area contributed by atoms with Crippen molar-refractivity contribution < 1.29 is 4.39 Å². The summed E-state index contributed by atoms with van der Waals surface area (Å²) in [4.78, 5) is 6.21. The molecule has 1 fully saturated rings. The summed E-state index contributed by atoms with van der Waals surface area (Å²) < 4.78 is 16.1. The summed E-state index contributed by atoms with van der Waals surface area (Å²) in [5.41, 5.74) is 7.75. The van der Waals surface area contributed by atoms with Crippen molar-refractivity contribution in [1.82, 2.24) is 19.7 Å². The van der Waals surface area contributed by atoms with Crippen LogP contribution in [0, 0.1) is 5.82 Å². The van der Waals surface area contributed by atoms with E-state index in [1.54, 1.807) is 18.3 Å². The van der Waals surface area contributed by atoms with Gasteiger partial charge in [0.1, 0.15) is 10.6 Å². The maximum Gasteiger partial charge on any atom is 0.192 e. The van der Waals surface area contributed by atoms with Crippen molar-refractivity contribution in [3.05, 3.63) is 54.0 Å². The number of nitrogen functional groups attached to an aromatic ring is 1. The highest BCUT2D eigenvalue weighted by atomic mass is 32.2.